The molecule has 1 aromatic heterocycles. The van der Waals surface area contributed by atoms with E-state index >= 15 is 0 Å². The van der Waals surface area contributed by atoms with Crippen LogP contribution in [0.5, 0.6) is 0 Å². The van der Waals surface area contributed by atoms with Crippen LogP contribution in [0.1, 0.15) is 10.5 Å². The Morgan fingerprint density at radius 3 is 2.53 bits per heavy atom. The first kappa shape index (κ1) is 12.8. The van der Waals surface area contributed by atoms with Gasteiger partial charge in [-0.1, -0.05) is 5.92 Å². The number of carbonyl (C=O) groups is 1. The number of hydrogen-bond acceptors (Lipinski definition) is 2. The Labute approximate surface area is 105 Å². The molecule has 0 spiro atoms. The fourth-order valence-electron chi connectivity index (χ4n) is 1.77. The van der Waals surface area contributed by atoms with Gasteiger partial charge in [-0.3, -0.25) is 9.36 Å². The Bertz CT molecular complexity index is 787. The van der Waals surface area contributed by atoms with Gasteiger partial charge in [-0.2, -0.15) is 0 Å². The monoisotopic (exact) mass is 263 g/mol. The van der Waals surface area contributed by atoms with E-state index < -0.39 is 23.2 Å². The predicted octanol–water partition coefficient (Wildman–Crippen LogP) is 1.61. The van der Waals surface area contributed by atoms with E-state index in [0.29, 0.717) is 0 Å². The minimum atomic E-state index is -1.38. The summed E-state index contributed by atoms with van der Waals surface area (Å²) >= 11 is 0. The summed E-state index contributed by atoms with van der Waals surface area (Å²) in [5, 5.41) is 8.89. The van der Waals surface area contributed by atoms with E-state index in [4.69, 9.17) is 11.5 Å². The number of fused-ring (bicyclic) bond motifs is 1. The summed E-state index contributed by atoms with van der Waals surface area (Å²) < 4.78 is 27.0. The highest BCUT2D eigenvalue weighted by atomic mass is 19.2. The molecule has 0 aliphatic heterocycles. The van der Waals surface area contributed by atoms with Crippen LogP contribution in [0.4, 0.5) is 8.78 Å². The first-order chi connectivity index (χ1) is 8.95. The van der Waals surface area contributed by atoms with E-state index in [1.807, 2.05) is 0 Å². The minimum absolute atomic E-state index is 0.00886. The number of aromatic nitrogens is 1. The molecule has 1 N–H and O–H groups in total. The number of carboxylic acid groups (broad SMARTS) is 1. The lowest BCUT2D eigenvalue weighted by atomic mass is 10.1. The average molecular weight is 263 g/mol. The van der Waals surface area contributed by atoms with Gasteiger partial charge >= 0.3 is 5.97 Å². The van der Waals surface area contributed by atoms with Crippen molar-refractivity contribution in [1.29, 1.82) is 0 Å². The number of pyridine rings is 1. The molecule has 0 amide bonds. The third kappa shape index (κ3) is 2.06. The second-order valence-corrected chi connectivity index (χ2v) is 3.78. The van der Waals surface area contributed by atoms with Gasteiger partial charge < -0.3 is 5.11 Å². The van der Waals surface area contributed by atoms with Crippen molar-refractivity contribution < 1.29 is 18.7 Å². The van der Waals surface area contributed by atoms with Gasteiger partial charge in [-0.25, -0.2) is 13.6 Å². The first-order valence-electron chi connectivity index (χ1n) is 5.15. The van der Waals surface area contributed by atoms with Gasteiger partial charge in [-0.15, -0.1) is 6.42 Å². The Kier molecular flexibility index (Phi) is 3.05. The average Bonchev–Trinajstić information content (AvgIpc) is 2.35. The maximum absolute atomic E-state index is 13.1. The Morgan fingerprint density at radius 2 is 1.95 bits per heavy atom. The molecular formula is C13H7F2NO3. The van der Waals surface area contributed by atoms with Gasteiger partial charge in [0.1, 0.15) is 5.69 Å². The SMILES string of the molecule is C#CCn1c(C(=O)O)cc2cc(F)c(F)cc2c1=O. The number of hydrogen-bond donors (Lipinski definition) is 1. The van der Waals surface area contributed by atoms with Gasteiger partial charge in [0, 0.05) is 0 Å². The van der Waals surface area contributed by atoms with E-state index in [1.165, 1.54) is 0 Å². The maximum Gasteiger partial charge on any atom is 0.352 e. The van der Waals surface area contributed by atoms with Crippen molar-refractivity contribution in [3.8, 4) is 12.3 Å². The second-order valence-electron chi connectivity index (χ2n) is 3.78. The molecular weight excluding hydrogens is 256 g/mol. The fraction of sp³-hybridized carbons (Fsp3) is 0.0769. The molecule has 1 aromatic carbocycles. The van der Waals surface area contributed by atoms with Crippen molar-refractivity contribution in [2.75, 3.05) is 0 Å². The number of halogens is 2. The van der Waals surface area contributed by atoms with Gasteiger partial charge in [0.15, 0.2) is 11.6 Å². The topological polar surface area (TPSA) is 59.3 Å². The number of benzene rings is 1. The number of aromatic carboxylic acids is 1. The fourth-order valence-corrected chi connectivity index (χ4v) is 1.77. The van der Waals surface area contributed by atoms with Crippen LogP contribution in [0.25, 0.3) is 10.8 Å². The normalized spacial score (nSPS) is 10.4. The third-order valence-electron chi connectivity index (χ3n) is 2.62. The molecule has 0 radical (unpaired) electrons. The zero-order chi connectivity index (χ0) is 14.2. The van der Waals surface area contributed by atoms with Crippen LogP contribution in [0, 0.1) is 24.0 Å². The molecule has 6 heteroatoms. The van der Waals surface area contributed by atoms with Crippen molar-refractivity contribution in [3.63, 3.8) is 0 Å². The van der Waals surface area contributed by atoms with Crippen LogP contribution < -0.4 is 5.56 Å². The lowest BCUT2D eigenvalue weighted by Gasteiger charge is -2.09. The van der Waals surface area contributed by atoms with Crippen LogP contribution in [0.3, 0.4) is 0 Å². The third-order valence-corrected chi connectivity index (χ3v) is 2.62. The van der Waals surface area contributed by atoms with Crippen molar-refractivity contribution in [1.82, 2.24) is 4.57 Å². The molecule has 19 heavy (non-hydrogen) atoms. The summed E-state index contributed by atoms with van der Waals surface area (Å²) in [5.41, 5.74) is -1.15. The van der Waals surface area contributed by atoms with Crippen molar-refractivity contribution in [2.24, 2.45) is 0 Å². The molecule has 0 aliphatic rings. The summed E-state index contributed by atoms with van der Waals surface area (Å²) in [6.07, 6.45) is 5.06. The number of carboxylic acids is 1. The van der Waals surface area contributed by atoms with Crippen molar-refractivity contribution in [3.05, 3.63) is 45.9 Å². The molecule has 96 valence electrons. The van der Waals surface area contributed by atoms with Gasteiger partial charge in [0.05, 0.1) is 11.9 Å². The molecule has 0 atom stereocenters. The summed E-state index contributed by atoms with van der Waals surface area (Å²) in [4.78, 5) is 23.1. The van der Waals surface area contributed by atoms with Crippen molar-refractivity contribution in [2.45, 2.75) is 6.54 Å². The van der Waals surface area contributed by atoms with E-state index in [2.05, 4.69) is 5.92 Å². The maximum atomic E-state index is 13.1. The van der Waals surface area contributed by atoms with Gasteiger partial charge in [0.25, 0.3) is 5.56 Å². The van der Waals surface area contributed by atoms with Crippen LogP contribution in [0.15, 0.2) is 23.0 Å². The number of terminal acetylenes is 1. The van der Waals surface area contributed by atoms with Crippen LogP contribution >= 0.6 is 0 Å². The molecule has 4 nitrogen and oxygen atoms in total. The standard InChI is InChI=1S/C13H7F2NO3/c1-2-3-16-11(13(18)19)5-7-4-9(14)10(15)6-8(7)12(16)17/h1,4-6H,3H2,(H,18,19). The first-order valence-corrected chi connectivity index (χ1v) is 5.15. The van der Waals surface area contributed by atoms with Crippen LogP contribution in [-0.4, -0.2) is 15.6 Å². The van der Waals surface area contributed by atoms with Crippen molar-refractivity contribution >= 4 is 16.7 Å². The highest BCUT2D eigenvalue weighted by molar-refractivity contribution is 5.92. The molecule has 2 aromatic rings. The molecule has 1 heterocycles. The molecule has 0 aliphatic carbocycles. The Balaban J connectivity index is 2.94. The zero-order valence-corrected chi connectivity index (χ0v) is 9.48. The quantitative estimate of drug-likeness (QED) is 0.837. The molecule has 0 saturated heterocycles. The molecule has 2 rings (SSSR count). The van der Waals surface area contributed by atoms with Gasteiger partial charge in [0.2, 0.25) is 0 Å². The largest absolute Gasteiger partial charge is 0.477 e. The minimum Gasteiger partial charge on any atom is -0.477 e. The second kappa shape index (κ2) is 4.53. The van der Waals surface area contributed by atoms with Crippen LogP contribution in [-0.2, 0) is 6.54 Å². The highest BCUT2D eigenvalue weighted by Gasteiger charge is 2.16. The lowest BCUT2D eigenvalue weighted by molar-refractivity contribution is 0.0684. The van der Waals surface area contributed by atoms with E-state index in [9.17, 15) is 18.4 Å². The molecule has 0 bridgehead atoms. The van der Waals surface area contributed by atoms with E-state index in [1.54, 1.807) is 0 Å². The Hall–Kier alpha value is -2.68. The zero-order valence-electron chi connectivity index (χ0n) is 9.48. The molecule has 0 saturated carbocycles. The summed E-state index contributed by atoms with van der Waals surface area (Å²) in [5.74, 6) is -1.57. The number of nitrogens with zero attached hydrogens (tertiary/aromatic N) is 1. The summed E-state index contributed by atoms with van der Waals surface area (Å²) in [6, 6.07) is 2.59. The van der Waals surface area contributed by atoms with E-state index in [-0.39, 0.29) is 23.0 Å². The van der Waals surface area contributed by atoms with Crippen LogP contribution in [0.2, 0.25) is 0 Å². The molecule has 0 fully saturated rings. The number of rotatable bonds is 2. The van der Waals surface area contributed by atoms with Gasteiger partial charge in [-0.05, 0) is 23.6 Å². The highest BCUT2D eigenvalue weighted by Crippen LogP contribution is 2.17. The van der Waals surface area contributed by atoms with E-state index in [0.717, 1.165) is 22.8 Å². The summed E-state index contributed by atoms with van der Waals surface area (Å²) in [7, 11) is 0. The summed E-state index contributed by atoms with van der Waals surface area (Å²) in [6.45, 7) is -0.268. The predicted molar refractivity (Wildman–Crippen MR) is 63.9 cm³/mol. The lowest BCUT2D eigenvalue weighted by Crippen LogP contribution is -2.26. The smallest absolute Gasteiger partial charge is 0.352 e. The molecule has 0 unspecified atom stereocenters. The Morgan fingerprint density at radius 1 is 1.32 bits per heavy atom.